The fourth-order valence-corrected chi connectivity index (χ4v) is 13.8. The summed E-state index contributed by atoms with van der Waals surface area (Å²) in [5.41, 5.74) is 3.62. The molecule has 15 nitrogen and oxygen atoms in total. The largest absolute Gasteiger partial charge is 0.438 e. The molecule has 2 aliphatic heterocycles. The maximum atomic E-state index is 16.3. The number of rotatable bonds is 9. The number of carbonyl (C=O) groups is 1. The number of aromatic nitrogens is 7. The number of benzene rings is 3. The molecule has 3 aromatic carbocycles. The van der Waals surface area contributed by atoms with Crippen molar-refractivity contribution in [3.8, 4) is 17.2 Å². The van der Waals surface area contributed by atoms with Crippen LogP contribution in [0.15, 0.2) is 84.3 Å². The van der Waals surface area contributed by atoms with Crippen molar-refractivity contribution in [3.63, 3.8) is 0 Å². The van der Waals surface area contributed by atoms with E-state index in [1.165, 1.54) is 40.7 Å². The first-order valence-electron chi connectivity index (χ1n) is 23.7. The lowest BCUT2D eigenvalue weighted by molar-refractivity contribution is -0.0592. The van der Waals surface area contributed by atoms with Crippen LogP contribution < -0.4 is 11.4 Å². The Balaban J connectivity index is 1.05. The van der Waals surface area contributed by atoms with Crippen LogP contribution in [0.3, 0.4) is 0 Å². The summed E-state index contributed by atoms with van der Waals surface area (Å²) in [6.07, 6.45) is 7.14. The molecule has 11 rings (SSSR count). The molecule has 360 valence electrons. The molecule has 18 heteroatoms. The molecule has 1 amide bonds. The van der Waals surface area contributed by atoms with Gasteiger partial charge in [-0.2, -0.15) is 5.10 Å². The second kappa shape index (κ2) is 15.8. The quantitative estimate of drug-likeness (QED) is 0.150. The van der Waals surface area contributed by atoms with E-state index in [0.29, 0.717) is 75.3 Å². The number of carbonyl (C=O) groups excluding carboxylic acids is 1. The Morgan fingerprint density at radius 1 is 0.942 bits per heavy atom. The van der Waals surface area contributed by atoms with Gasteiger partial charge in [0, 0.05) is 60.7 Å². The molecule has 6 heterocycles. The SMILES string of the molecule is CN=S(=O)(c1cc(F)c(-n2ccn(-c3c4c(nn3-c3cc(C)c(F)c(C)c3)CCN(C(=O)c3cc5cc([C@H]6CCOC(C)(C)C6)ccc5n3[C@@]3(c5noc(=O)[nH]5)C[C@@H]3C)[C@H]4C)c2=O)cc1C)C1CC1. The van der Waals surface area contributed by atoms with Crippen molar-refractivity contribution in [2.24, 2.45) is 10.3 Å². The molecule has 3 fully saturated rings. The minimum absolute atomic E-state index is 0.0149. The summed E-state index contributed by atoms with van der Waals surface area (Å²) in [5, 5.41) is 9.98. The zero-order chi connectivity index (χ0) is 48.6. The highest BCUT2D eigenvalue weighted by Crippen LogP contribution is 2.56. The normalized spacial score (nSPS) is 23.0. The van der Waals surface area contributed by atoms with Crippen molar-refractivity contribution in [2.75, 3.05) is 20.2 Å². The Bertz CT molecular complexity index is 3520. The Kier molecular flexibility index (Phi) is 10.3. The van der Waals surface area contributed by atoms with Crippen LogP contribution in [0.1, 0.15) is 122 Å². The van der Waals surface area contributed by atoms with Gasteiger partial charge in [-0.1, -0.05) is 18.1 Å². The zero-order valence-electron chi connectivity index (χ0n) is 39.9. The molecule has 0 radical (unpaired) electrons. The van der Waals surface area contributed by atoms with Crippen LogP contribution in [0, 0.1) is 38.3 Å². The van der Waals surface area contributed by atoms with Crippen molar-refractivity contribution in [1.29, 1.82) is 0 Å². The van der Waals surface area contributed by atoms with Crippen LogP contribution in [0.2, 0.25) is 0 Å². The topological polar surface area (TPSA) is 168 Å². The van der Waals surface area contributed by atoms with Crippen molar-refractivity contribution in [3.05, 3.63) is 139 Å². The van der Waals surface area contributed by atoms with Crippen LogP contribution >= 0.6 is 0 Å². The van der Waals surface area contributed by atoms with Gasteiger partial charge in [-0.05, 0) is 150 Å². The summed E-state index contributed by atoms with van der Waals surface area (Å²) in [5.74, 6) is -1.16. The molecular formula is C51H55F2N9O6S. The van der Waals surface area contributed by atoms with Crippen LogP contribution in [-0.4, -0.2) is 79.7 Å². The van der Waals surface area contributed by atoms with Gasteiger partial charge in [0.2, 0.25) is 0 Å². The van der Waals surface area contributed by atoms with Gasteiger partial charge in [0.05, 0.1) is 43.3 Å². The third-order valence-corrected chi connectivity index (χ3v) is 18.2. The molecular weight excluding hydrogens is 905 g/mol. The molecule has 1 N–H and O–H groups in total. The lowest BCUT2D eigenvalue weighted by atomic mass is 9.83. The van der Waals surface area contributed by atoms with Crippen molar-refractivity contribution >= 4 is 26.5 Å². The summed E-state index contributed by atoms with van der Waals surface area (Å²) >= 11 is 0. The van der Waals surface area contributed by atoms with Gasteiger partial charge in [-0.15, -0.1) is 0 Å². The van der Waals surface area contributed by atoms with Gasteiger partial charge in [0.1, 0.15) is 28.7 Å². The number of nitrogens with zero attached hydrogens (tertiary/aromatic N) is 8. The summed E-state index contributed by atoms with van der Waals surface area (Å²) in [7, 11) is -1.35. The number of imidazole rings is 1. The first-order valence-corrected chi connectivity index (χ1v) is 25.2. The van der Waals surface area contributed by atoms with E-state index in [4.69, 9.17) is 14.4 Å². The van der Waals surface area contributed by atoms with E-state index in [1.807, 2.05) is 17.6 Å². The number of ether oxygens (including phenoxy) is 1. The molecule has 4 aromatic heterocycles. The van der Waals surface area contributed by atoms with Gasteiger partial charge >= 0.3 is 11.4 Å². The number of hydrogen-bond acceptors (Lipinski definition) is 9. The Morgan fingerprint density at radius 2 is 1.67 bits per heavy atom. The highest BCUT2D eigenvalue weighted by Gasteiger charge is 2.59. The third kappa shape index (κ3) is 7.02. The Morgan fingerprint density at radius 3 is 2.32 bits per heavy atom. The van der Waals surface area contributed by atoms with E-state index in [9.17, 15) is 13.8 Å². The van der Waals surface area contributed by atoms with E-state index in [1.54, 1.807) is 42.5 Å². The smallest absolute Gasteiger partial charge is 0.376 e. The number of halogens is 2. The predicted octanol–water partition coefficient (Wildman–Crippen LogP) is 8.48. The van der Waals surface area contributed by atoms with Crippen LogP contribution in [0.5, 0.6) is 0 Å². The van der Waals surface area contributed by atoms with E-state index in [-0.39, 0.29) is 46.6 Å². The number of hydrogen-bond donors (Lipinski definition) is 1. The van der Waals surface area contributed by atoms with E-state index >= 15 is 13.6 Å². The molecule has 7 aromatic rings. The summed E-state index contributed by atoms with van der Waals surface area (Å²) in [6, 6.07) is 13.7. The fourth-order valence-electron chi connectivity index (χ4n) is 11.4. The van der Waals surface area contributed by atoms with Crippen LogP contribution in [0.25, 0.3) is 28.1 Å². The van der Waals surface area contributed by atoms with Gasteiger partial charge in [-0.25, -0.2) is 31.6 Å². The average molecular weight is 960 g/mol. The van der Waals surface area contributed by atoms with Crippen LogP contribution in [0.4, 0.5) is 8.78 Å². The molecule has 5 atom stereocenters. The molecule has 1 saturated heterocycles. The van der Waals surface area contributed by atoms with E-state index in [2.05, 4.69) is 53.5 Å². The summed E-state index contributed by atoms with van der Waals surface area (Å²) < 4.78 is 67.0. The van der Waals surface area contributed by atoms with Crippen LogP contribution in [-0.2, 0) is 26.4 Å². The zero-order valence-corrected chi connectivity index (χ0v) is 40.7. The lowest BCUT2D eigenvalue weighted by Crippen LogP contribution is -2.41. The molecule has 0 bridgehead atoms. The summed E-state index contributed by atoms with van der Waals surface area (Å²) in [4.78, 5) is 47.8. The van der Waals surface area contributed by atoms with Gasteiger partial charge in [-0.3, -0.25) is 23.4 Å². The molecule has 2 saturated carbocycles. The van der Waals surface area contributed by atoms with Crippen molar-refractivity contribution < 1.29 is 27.0 Å². The minimum atomic E-state index is -2.85. The number of aryl methyl sites for hydroxylation is 3. The van der Waals surface area contributed by atoms with Crippen molar-refractivity contribution in [2.45, 2.75) is 120 Å². The lowest BCUT2D eigenvalue weighted by Gasteiger charge is -2.35. The first kappa shape index (κ1) is 45.1. The third-order valence-electron chi connectivity index (χ3n) is 15.2. The van der Waals surface area contributed by atoms with Gasteiger partial charge in [0.25, 0.3) is 5.91 Å². The number of fused-ring (bicyclic) bond motifs is 2. The molecule has 4 aliphatic rings. The molecule has 1 unspecified atom stereocenters. The van der Waals surface area contributed by atoms with E-state index < -0.39 is 38.6 Å². The molecule has 2 aliphatic carbocycles. The van der Waals surface area contributed by atoms with E-state index in [0.717, 1.165) is 42.1 Å². The van der Waals surface area contributed by atoms with Crippen molar-refractivity contribution in [1.82, 2.24) is 38.5 Å². The summed E-state index contributed by atoms with van der Waals surface area (Å²) in [6.45, 7) is 14.2. The molecule has 69 heavy (non-hydrogen) atoms. The molecule has 0 spiro atoms. The number of H-pyrrole nitrogens is 1. The highest BCUT2D eigenvalue weighted by atomic mass is 32.2. The minimum Gasteiger partial charge on any atom is -0.376 e. The fraction of sp³-hybridized carbons (Fsp3) is 0.431. The monoisotopic (exact) mass is 959 g/mol. The second-order valence-corrected chi connectivity index (χ2v) is 22.8. The number of amides is 1. The Hall–Kier alpha value is -6.40. The highest BCUT2D eigenvalue weighted by molar-refractivity contribution is 7.94. The average Bonchev–Trinajstić information content (AvgIpc) is 4.05. The number of nitrogens with one attached hydrogen (secondary N) is 1. The van der Waals surface area contributed by atoms with Gasteiger partial charge < -0.3 is 14.2 Å². The maximum Gasteiger partial charge on any atom is 0.438 e. The number of aromatic amines is 1. The Labute approximate surface area is 397 Å². The standard InChI is InChI=1S/C51H55F2N9O6S/c1-27-21-40(37(52)24-42(27)69(66,54-8)36-10-11-36)59-16-17-60(49(59)65)45-43-31(5)58(15-13-38(43)56-62(45)35-19-28(2)44(53)29(3)20-35)46(63)41-23-34-22-32(33-14-18-67-50(6,7)26-33)9-12-39(34)61(41)51(25-30(51)4)47-55-48(64)68-57-47/h9,12,16-17,19-24,30-31,33,36H,10-11,13-15,18,25-26H2,1-8H3,(H,55,57,64)/t30-,31-,33-,51-,69?/m0/s1. The second-order valence-electron chi connectivity index (χ2n) is 20.2. The van der Waals surface area contributed by atoms with Gasteiger partial charge in [0.15, 0.2) is 5.82 Å². The maximum absolute atomic E-state index is 16.3. The predicted molar refractivity (Wildman–Crippen MR) is 255 cm³/mol. The first-order chi connectivity index (χ1) is 32.8.